The van der Waals surface area contributed by atoms with Crippen molar-refractivity contribution in [2.45, 2.75) is 23.5 Å². The maximum Gasteiger partial charge on any atom is 0.262 e. The van der Waals surface area contributed by atoms with Crippen molar-refractivity contribution in [3.8, 4) is 11.8 Å². The maximum absolute atomic E-state index is 13.5. The van der Waals surface area contributed by atoms with Gasteiger partial charge in [0.05, 0.1) is 25.0 Å². The minimum absolute atomic E-state index is 0.0247. The van der Waals surface area contributed by atoms with Crippen LogP contribution in [0.2, 0.25) is 0 Å². The SMILES string of the molecule is CN1c2ccc(C#Cc3ccccc3)cc2[C@@H]2[C@@H](CCN2S(=O)(=O)c2cn(C)cn2)[C@H]1CO. The molecule has 1 N–H and O–H groups in total. The minimum Gasteiger partial charge on any atom is -0.394 e. The van der Waals surface area contributed by atoms with E-state index in [4.69, 9.17) is 0 Å². The van der Waals surface area contributed by atoms with Crippen molar-refractivity contribution in [2.75, 3.05) is 25.1 Å². The minimum atomic E-state index is -3.78. The largest absolute Gasteiger partial charge is 0.394 e. The fourth-order valence-electron chi connectivity index (χ4n) is 5.07. The van der Waals surface area contributed by atoms with Gasteiger partial charge in [-0.15, -0.1) is 0 Å². The van der Waals surface area contributed by atoms with E-state index in [9.17, 15) is 13.5 Å². The zero-order valence-corrected chi connectivity index (χ0v) is 19.4. The van der Waals surface area contributed by atoms with E-state index in [2.05, 4.69) is 21.7 Å². The molecule has 0 bridgehead atoms. The molecule has 0 saturated carbocycles. The lowest BCUT2D eigenvalue weighted by molar-refractivity contribution is 0.193. The summed E-state index contributed by atoms with van der Waals surface area (Å²) in [5, 5.41) is 10.2. The summed E-state index contributed by atoms with van der Waals surface area (Å²) < 4.78 is 30.3. The standard InChI is InChI=1S/C25H26N4O3S/c1-27-15-24(26-17-27)33(31,32)29-13-12-20-23(16-30)28(2)22-11-10-19(14-21(22)25(20)29)9-8-18-6-4-3-5-7-18/h3-7,10-11,14-15,17,20,23,25,30H,12-13,16H2,1-2H3/t20-,23+,25-/m0/s1. The van der Waals surface area contributed by atoms with E-state index >= 15 is 0 Å². The van der Waals surface area contributed by atoms with Gasteiger partial charge in [-0.25, -0.2) is 13.4 Å². The molecule has 7 nitrogen and oxygen atoms in total. The Labute approximate surface area is 194 Å². The number of aliphatic hydroxyl groups is 1. The molecule has 1 fully saturated rings. The molecule has 0 unspecified atom stereocenters. The molecule has 1 aromatic heterocycles. The van der Waals surface area contributed by atoms with Gasteiger partial charge in [-0.2, -0.15) is 4.31 Å². The van der Waals surface area contributed by atoms with Crippen molar-refractivity contribution >= 4 is 15.7 Å². The summed E-state index contributed by atoms with van der Waals surface area (Å²) in [6.07, 6.45) is 3.70. The van der Waals surface area contributed by atoms with E-state index in [0.717, 1.165) is 22.4 Å². The lowest BCUT2D eigenvalue weighted by atomic mass is 9.82. The number of sulfonamides is 1. The van der Waals surface area contributed by atoms with Gasteiger partial charge in [0.2, 0.25) is 0 Å². The third kappa shape index (κ3) is 3.72. The van der Waals surface area contributed by atoms with Gasteiger partial charge in [0, 0.05) is 49.6 Å². The topological polar surface area (TPSA) is 78.7 Å². The molecule has 0 spiro atoms. The molecule has 2 aromatic carbocycles. The quantitative estimate of drug-likeness (QED) is 0.605. The van der Waals surface area contributed by atoms with Crippen molar-refractivity contribution in [3.05, 3.63) is 77.7 Å². The Morgan fingerprint density at radius 1 is 1.09 bits per heavy atom. The van der Waals surface area contributed by atoms with Gasteiger partial charge >= 0.3 is 0 Å². The first-order chi connectivity index (χ1) is 15.9. The first-order valence-corrected chi connectivity index (χ1v) is 12.4. The number of likely N-dealkylation sites (N-methyl/N-ethyl adjacent to an activating group) is 1. The molecular weight excluding hydrogens is 436 g/mol. The highest BCUT2D eigenvalue weighted by molar-refractivity contribution is 7.89. The van der Waals surface area contributed by atoms with Crippen LogP contribution in [0.4, 0.5) is 5.69 Å². The van der Waals surface area contributed by atoms with Crippen LogP contribution in [0.5, 0.6) is 0 Å². The van der Waals surface area contributed by atoms with E-state index in [1.807, 2.05) is 55.6 Å². The van der Waals surface area contributed by atoms with E-state index in [1.165, 1.54) is 12.5 Å². The van der Waals surface area contributed by atoms with E-state index in [1.54, 1.807) is 15.9 Å². The summed E-state index contributed by atoms with van der Waals surface area (Å²) in [5.74, 6) is 6.37. The second-order valence-corrected chi connectivity index (χ2v) is 10.5. The Balaban J connectivity index is 1.59. The van der Waals surface area contributed by atoms with E-state index in [0.29, 0.717) is 13.0 Å². The predicted molar refractivity (Wildman–Crippen MR) is 126 cm³/mol. The summed E-state index contributed by atoms with van der Waals surface area (Å²) in [4.78, 5) is 6.18. The molecule has 1 saturated heterocycles. The number of fused-ring (bicyclic) bond motifs is 3. The van der Waals surface area contributed by atoms with Crippen LogP contribution >= 0.6 is 0 Å². The molecule has 170 valence electrons. The number of aromatic nitrogens is 2. The van der Waals surface area contributed by atoms with Crippen molar-refractivity contribution in [2.24, 2.45) is 13.0 Å². The van der Waals surface area contributed by atoms with Gasteiger partial charge in [-0.05, 0) is 42.3 Å². The maximum atomic E-state index is 13.5. The Kier molecular flexibility index (Phi) is 5.49. The lowest BCUT2D eigenvalue weighted by Gasteiger charge is -2.44. The second kappa shape index (κ2) is 8.34. The van der Waals surface area contributed by atoms with Crippen LogP contribution in [0.1, 0.15) is 29.2 Å². The number of aryl methyl sites for hydroxylation is 1. The zero-order chi connectivity index (χ0) is 23.2. The monoisotopic (exact) mass is 462 g/mol. The highest BCUT2D eigenvalue weighted by Crippen LogP contribution is 2.50. The predicted octanol–water partition coefficient (Wildman–Crippen LogP) is 2.38. The fraction of sp³-hybridized carbons (Fsp3) is 0.320. The Morgan fingerprint density at radius 2 is 1.85 bits per heavy atom. The number of aliphatic hydroxyl groups excluding tert-OH is 1. The fourth-order valence-corrected chi connectivity index (χ4v) is 6.70. The number of rotatable bonds is 3. The summed E-state index contributed by atoms with van der Waals surface area (Å²) in [6.45, 7) is 0.349. The highest BCUT2D eigenvalue weighted by Gasteiger charge is 2.50. The number of nitrogens with zero attached hydrogens (tertiary/aromatic N) is 4. The molecule has 2 aliphatic rings. The molecule has 3 atom stereocenters. The van der Waals surface area contributed by atoms with Crippen LogP contribution in [0, 0.1) is 17.8 Å². The average molecular weight is 463 g/mol. The Morgan fingerprint density at radius 3 is 2.55 bits per heavy atom. The second-order valence-electron chi connectivity index (χ2n) is 8.64. The first-order valence-electron chi connectivity index (χ1n) is 10.9. The summed E-state index contributed by atoms with van der Waals surface area (Å²) in [7, 11) is -0.0704. The van der Waals surface area contributed by atoms with Crippen LogP contribution in [0.15, 0.2) is 66.1 Å². The molecule has 3 heterocycles. The molecule has 5 rings (SSSR count). The van der Waals surface area contributed by atoms with Crippen LogP contribution < -0.4 is 4.90 Å². The van der Waals surface area contributed by atoms with Gasteiger partial charge in [0.15, 0.2) is 5.03 Å². The van der Waals surface area contributed by atoms with Gasteiger partial charge < -0.3 is 14.6 Å². The van der Waals surface area contributed by atoms with Crippen LogP contribution in [-0.4, -0.2) is 53.6 Å². The van der Waals surface area contributed by atoms with Crippen molar-refractivity contribution in [3.63, 3.8) is 0 Å². The van der Waals surface area contributed by atoms with Crippen molar-refractivity contribution < 1.29 is 13.5 Å². The number of hydrogen-bond acceptors (Lipinski definition) is 5. The summed E-state index contributed by atoms with van der Waals surface area (Å²) >= 11 is 0. The summed E-state index contributed by atoms with van der Waals surface area (Å²) in [6, 6.07) is 15.2. The first kappa shape index (κ1) is 21.7. The van der Waals surface area contributed by atoms with Gasteiger partial charge in [-0.1, -0.05) is 30.0 Å². The van der Waals surface area contributed by atoms with Gasteiger partial charge in [0.1, 0.15) is 0 Å². The van der Waals surface area contributed by atoms with Crippen LogP contribution in [0.25, 0.3) is 0 Å². The van der Waals surface area contributed by atoms with Crippen molar-refractivity contribution in [1.29, 1.82) is 0 Å². The molecule has 0 radical (unpaired) electrons. The number of imidazole rings is 1. The van der Waals surface area contributed by atoms with E-state index < -0.39 is 10.0 Å². The smallest absolute Gasteiger partial charge is 0.262 e. The number of benzene rings is 2. The number of anilines is 1. The zero-order valence-electron chi connectivity index (χ0n) is 18.6. The van der Waals surface area contributed by atoms with Gasteiger partial charge in [0.25, 0.3) is 10.0 Å². The normalized spacial score (nSPS) is 22.4. The molecule has 8 heteroatoms. The molecule has 0 aliphatic carbocycles. The molecule has 33 heavy (non-hydrogen) atoms. The average Bonchev–Trinajstić information content (AvgIpc) is 3.46. The molecular formula is C25H26N4O3S. The molecule has 0 amide bonds. The van der Waals surface area contributed by atoms with Crippen molar-refractivity contribution in [1.82, 2.24) is 13.9 Å². The molecule has 2 aliphatic heterocycles. The Hall–Kier alpha value is -3.12. The number of hydrogen-bond donors (Lipinski definition) is 1. The lowest BCUT2D eigenvalue weighted by Crippen LogP contribution is -2.48. The third-order valence-electron chi connectivity index (χ3n) is 6.68. The highest BCUT2D eigenvalue weighted by atomic mass is 32.2. The Bertz CT molecular complexity index is 1340. The van der Waals surface area contributed by atoms with Crippen LogP contribution in [0.3, 0.4) is 0 Å². The third-order valence-corrected chi connectivity index (χ3v) is 8.45. The van der Waals surface area contributed by atoms with Crippen LogP contribution in [-0.2, 0) is 17.1 Å². The van der Waals surface area contributed by atoms with E-state index in [-0.39, 0.29) is 29.6 Å². The molecule has 3 aromatic rings. The van der Waals surface area contributed by atoms with Gasteiger partial charge in [-0.3, -0.25) is 0 Å². The summed E-state index contributed by atoms with van der Waals surface area (Å²) in [5.41, 5.74) is 3.59.